The molecule has 0 radical (unpaired) electrons. The highest BCUT2D eigenvalue weighted by Gasteiger charge is 2.31. The maximum absolute atomic E-state index is 12.1. The van der Waals surface area contributed by atoms with Gasteiger partial charge in [-0.05, 0) is 23.6 Å². The smallest absolute Gasteiger partial charge is 0.221 e. The molecule has 1 aromatic rings. The monoisotopic (exact) mass is 301 g/mol. The molecular weight excluding hydrogens is 282 g/mol. The molecule has 0 aromatic heterocycles. The van der Waals surface area contributed by atoms with Gasteiger partial charge < -0.3 is 10.4 Å². The summed E-state index contributed by atoms with van der Waals surface area (Å²) in [5.74, 6) is -1.01. The van der Waals surface area contributed by atoms with Gasteiger partial charge in [-0.15, -0.1) is 0 Å². The van der Waals surface area contributed by atoms with E-state index >= 15 is 0 Å². The van der Waals surface area contributed by atoms with Crippen molar-refractivity contribution in [3.8, 4) is 0 Å². The van der Waals surface area contributed by atoms with E-state index < -0.39 is 0 Å². The van der Waals surface area contributed by atoms with E-state index in [1.807, 2.05) is 12.1 Å². The highest BCUT2D eigenvalue weighted by molar-refractivity contribution is 6.21. The zero-order chi connectivity index (χ0) is 16.3. The Balaban J connectivity index is 2.19. The Morgan fingerprint density at radius 3 is 2.36 bits per heavy atom. The van der Waals surface area contributed by atoms with Crippen LogP contribution in [0.2, 0.25) is 0 Å². The fourth-order valence-corrected chi connectivity index (χ4v) is 2.67. The molecule has 0 bridgehead atoms. The molecule has 2 rings (SSSR count). The fraction of sp³-hybridized carbons (Fsp3) is 0.353. The second-order valence-electron chi connectivity index (χ2n) is 5.43. The van der Waals surface area contributed by atoms with Crippen LogP contribution in [0.4, 0.5) is 5.69 Å². The molecule has 0 saturated heterocycles. The SMILES string of the molecule is CCC(=O)C1=C(O)CC(c2ccc(NC(C)=O)cc2)CC1=O. The summed E-state index contributed by atoms with van der Waals surface area (Å²) in [7, 11) is 0. The fourth-order valence-electron chi connectivity index (χ4n) is 2.67. The largest absolute Gasteiger partial charge is 0.511 e. The van der Waals surface area contributed by atoms with Crippen molar-refractivity contribution in [1.29, 1.82) is 0 Å². The zero-order valence-corrected chi connectivity index (χ0v) is 12.7. The van der Waals surface area contributed by atoms with Crippen LogP contribution in [0.25, 0.3) is 0 Å². The Morgan fingerprint density at radius 2 is 1.86 bits per heavy atom. The highest BCUT2D eigenvalue weighted by atomic mass is 16.3. The molecule has 1 aromatic carbocycles. The molecule has 1 aliphatic rings. The van der Waals surface area contributed by atoms with Crippen LogP contribution in [0, 0.1) is 0 Å². The summed E-state index contributed by atoms with van der Waals surface area (Å²) in [6, 6.07) is 7.16. The van der Waals surface area contributed by atoms with Crippen molar-refractivity contribution in [2.75, 3.05) is 5.32 Å². The Hall–Kier alpha value is -2.43. The lowest BCUT2D eigenvalue weighted by molar-refractivity contribution is -0.122. The van der Waals surface area contributed by atoms with Gasteiger partial charge in [-0.1, -0.05) is 19.1 Å². The predicted molar refractivity (Wildman–Crippen MR) is 82.7 cm³/mol. The van der Waals surface area contributed by atoms with Crippen LogP contribution in [0.15, 0.2) is 35.6 Å². The number of benzene rings is 1. The third-order valence-electron chi connectivity index (χ3n) is 3.74. The van der Waals surface area contributed by atoms with Gasteiger partial charge in [0.2, 0.25) is 5.91 Å². The average molecular weight is 301 g/mol. The number of allylic oxidation sites excluding steroid dienone is 2. The lowest BCUT2D eigenvalue weighted by Crippen LogP contribution is -2.23. The Labute approximate surface area is 129 Å². The van der Waals surface area contributed by atoms with E-state index in [0.29, 0.717) is 5.69 Å². The van der Waals surface area contributed by atoms with Crippen LogP contribution < -0.4 is 5.32 Å². The van der Waals surface area contributed by atoms with Crippen molar-refractivity contribution in [3.05, 3.63) is 41.2 Å². The maximum Gasteiger partial charge on any atom is 0.221 e. The standard InChI is InChI=1S/C17H19NO4/c1-3-14(20)17-15(21)8-12(9-16(17)22)11-4-6-13(7-5-11)18-10(2)19/h4-7,12,21H,3,8-9H2,1-2H3,(H,18,19). The minimum absolute atomic E-state index is 0.0337. The number of hydrogen-bond donors (Lipinski definition) is 2. The van der Waals surface area contributed by atoms with Crippen LogP contribution in [-0.4, -0.2) is 22.6 Å². The van der Waals surface area contributed by atoms with E-state index in [1.54, 1.807) is 19.1 Å². The molecule has 0 heterocycles. The maximum atomic E-state index is 12.1. The third-order valence-corrected chi connectivity index (χ3v) is 3.74. The van der Waals surface area contributed by atoms with Crippen LogP contribution >= 0.6 is 0 Å². The number of hydrogen-bond acceptors (Lipinski definition) is 4. The summed E-state index contributed by atoms with van der Waals surface area (Å²) in [6.07, 6.45) is 0.706. The Bertz CT molecular complexity index is 643. The van der Waals surface area contributed by atoms with Gasteiger partial charge in [-0.2, -0.15) is 0 Å². The van der Waals surface area contributed by atoms with Crippen molar-refractivity contribution in [2.45, 2.75) is 39.0 Å². The van der Waals surface area contributed by atoms with Crippen LogP contribution in [0.1, 0.15) is 44.6 Å². The van der Waals surface area contributed by atoms with Gasteiger partial charge in [-0.25, -0.2) is 0 Å². The molecule has 1 atom stereocenters. The molecule has 5 heteroatoms. The predicted octanol–water partition coefficient (Wildman–Crippen LogP) is 2.88. The first kappa shape index (κ1) is 15.9. The first-order valence-electron chi connectivity index (χ1n) is 7.28. The second-order valence-corrected chi connectivity index (χ2v) is 5.43. The Morgan fingerprint density at radius 1 is 1.23 bits per heavy atom. The van der Waals surface area contributed by atoms with E-state index in [1.165, 1.54) is 6.92 Å². The highest BCUT2D eigenvalue weighted by Crippen LogP contribution is 2.34. The quantitative estimate of drug-likeness (QED) is 0.838. The lowest BCUT2D eigenvalue weighted by atomic mass is 9.81. The molecule has 116 valence electrons. The number of aliphatic hydroxyl groups excluding tert-OH is 1. The zero-order valence-electron chi connectivity index (χ0n) is 12.7. The number of amides is 1. The van der Waals surface area contributed by atoms with Gasteiger partial charge >= 0.3 is 0 Å². The summed E-state index contributed by atoms with van der Waals surface area (Å²) >= 11 is 0. The number of ketones is 2. The summed E-state index contributed by atoms with van der Waals surface area (Å²) < 4.78 is 0. The van der Waals surface area contributed by atoms with Gasteiger partial charge in [0.05, 0.1) is 5.57 Å². The number of Topliss-reactive ketones (excluding diaryl/α,β-unsaturated/α-hetero) is 2. The number of nitrogens with one attached hydrogen (secondary N) is 1. The van der Waals surface area contributed by atoms with E-state index in [2.05, 4.69) is 5.32 Å². The molecule has 0 aliphatic heterocycles. The average Bonchev–Trinajstić information content (AvgIpc) is 2.46. The molecule has 5 nitrogen and oxygen atoms in total. The van der Waals surface area contributed by atoms with Crippen molar-refractivity contribution in [2.24, 2.45) is 0 Å². The molecule has 0 fully saturated rings. The summed E-state index contributed by atoms with van der Waals surface area (Å²) in [4.78, 5) is 34.8. The summed E-state index contributed by atoms with van der Waals surface area (Å²) in [5, 5.41) is 12.7. The third kappa shape index (κ3) is 3.42. The molecule has 22 heavy (non-hydrogen) atoms. The number of aliphatic hydroxyl groups is 1. The van der Waals surface area contributed by atoms with Gasteiger partial charge in [-0.3, -0.25) is 14.4 Å². The number of anilines is 1. The second kappa shape index (κ2) is 6.56. The van der Waals surface area contributed by atoms with Crippen molar-refractivity contribution >= 4 is 23.2 Å². The minimum Gasteiger partial charge on any atom is -0.511 e. The van der Waals surface area contributed by atoms with Crippen molar-refractivity contribution < 1.29 is 19.5 Å². The molecular formula is C17H19NO4. The topological polar surface area (TPSA) is 83.5 Å². The van der Waals surface area contributed by atoms with Gasteiger partial charge in [0.1, 0.15) is 5.76 Å². The molecule has 1 unspecified atom stereocenters. The number of carbonyl (C=O) groups excluding carboxylic acids is 3. The van der Waals surface area contributed by atoms with Crippen LogP contribution in [0.3, 0.4) is 0 Å². The molecule has 2 N–H and O–H groups in total. The summed E-state index contributed by atoms with van der Waals surface area (Å²) in [6.45, 7) is 3.10. The van der Waals surface area contributed by atoms with E-state index in [0.717, 1.165) is 5.56 Å². The molecule has 0 spiro atoms. The molecule has 0 saturated carbocycles. The van der Waals surface area contributed by atoms with Gasteiger partial charge in [0, 0.05) is 31.9 Å². The summed E-state index contributed by atoms with van der Waals surface area (Å²) in [5.41, 5.74) is 1.55. The van der Waals surface area contributed by atoms with E-state index in [4.69, 9.17) is 0 Å². The molecule has 1 aliphatic carbocycles. The van der Waals surface area contributed by atoms with Crippen molar-refractivity contribution in [1.82, 2.24) is 0 Å². The lowest BCUT2D eigenvalue weighted by Gasteiger charge is -2.23. The minimum atomic E-state index is -0.304. The van der Waals surface area contributed by atoms with Gasteiger partial charge in [0.25, 0.3) is 0 Å². The van der Waals surface area contributed by atoms with E-state index in [9.17, 15) is 19.5 Å². The first-order valence-corrected chi connectivity index (χ1v) is 7.28. The van der Waals surface area contributed by atoms with Gasteiger partial charge in [0.15, 0.2) is 11.6 Å². The Kier molecular flexibility index (Phi) is 4.75. The first-order chi connectivity index (χ1) is 10.4. The van der Waals surface area contributed by atoms with Crippen LogP contribution in [0.5, 0.6) is 0 Å². The number of carbonyl (C=O) groups is 3. The molecule has 1 amide bonds. The van der Waals surface area contributed by atoms with E-state index in [-0.39, 0.29) is 54.0 Å². The van der Waals surface area contributed by atoms with Crippen LogP contribution in [-0.2, 0) is 14.4 Å². The number of rotatable bonds is 4. The van der Waals surface area contributed by atoms with Crippen molar-refractivity contribution in [3.63, 3.8) is 0 Å². The normalized spacial score (nSPS) is 18.3.